The second kappa shape index (κ2) is 45.2. The molecule has 0 radical (unpaired) electrons. The van der Waals surface area contributed by atoms with Gasteiger partial charge in [-0.25, -0.2) is 0 Å². The molecule has 3 N–H and O–H groups in total. The Balaban J connectivity index is -0.0000000654. The Morgan fingerprint density at radius 1 is 0.897 bits per heavy atom. The first-order valence-corrected chi connectivity index (χ1v) is 11.6. The van der Waals surface area contributed by atoms with Crippen molar-refractivity contribution in [3.05, 3.63) is 29.8 Å². The van der Waals surface area contributed by atoms with Crippen molar-refractivity contribution in [1.82, 2.24) is 10.6 Å². The number of benzene rings is 1. The monoisotopic (exact) mass is 434 g/mol. The molecule has 0 saturated heterocycles. The van der Waals surface area contributed by atoms with Crippen LogP contribution in [0.15, 0.2) is 24.3 Å². The molecular formula is C23H51N2O3P. The van der Waals surface area contributed by atoms with Crippen LogP contribution in [0.1, 0.15) is 92.9 Å². The van der Waals surface area contributed by atoms with Gasteiger partial charge in [-0.15, -0.1) is 9.24 Å². The van der Waals surface area contributed by atoms with E-state index in [2.05, 4.69) is 40.6 Å². The van der Waals surface area contributed by atoms with Crippen LogP contribution in [0.2, 0.25) is 0 Å². The van der Waals surface area contributed by atoms with Crippen LogP contribution >= 0.6 is 9.24 Å². The van der Waals surface area contributed by atoms with Crippen LogP contribution in [0.5, 0.6) is 5.75 Å². The van der Waals surface area contributed by atoms with Gasteiger partial charge < -0.3 is 15.7 Å². The summed E-state index contributed by atoms with van der Waals surface area (Å²) in [7, 11) is 4.18. The summed E-state index contributed by atoms with van der Waals surface area (Å²) in [4.78, 5) is 20.9. The second-order valence-electron chi connectivity index (χ2n) is 4.33. The first-order chi connectivity index (χ1) is 13.8. The third-order valence-corrected chi connectivity index (χ3v) is 1.82. The van der Waals surface area contributed by atoms with E-state index in [-0.39, 0.29) is 17.6 Å². The molecule has 0 aliphatic carbocycles. The van der Waals surface area contributed by atoms with Gasteiger partial charge in [-0.3, -0.25) is 9.59 Å². The van der Waals surface area contributed by atoms with E-state index in [1.165, 1.54) is 31.6 Å². The van der Waals surface area contributed by atoms with Gasteiger partial charge in [-0.1, -0.05) is 68.7 Å². The predicted molar refractivity (Wildman–Crippen MR) is 136 cm³/mol. The van der Waals surface area contributed by atoms with Crippen molar-refractivity contribution in [2.24, 2.45) is 0 Å². The van der Waals surface area contributed by atoms with Gasteiger partial charge >= 0.3 is 0 Å². The lowest BCUT2D eigenvalue weighted by molar-refractivity contribution is -0.118. The number of hydrogen-bond acceptors (Lipinski definition) is 3. The average Bonchev–Trinajstić information content (AvgIpc) is 2.75. The van der Waals surface area contributed by atoms with E-state index < -0.39 is 0 Å². The largest absolute Gasteiger partial charge is 0.508 e. The van der Waals surface area contributed by atoms with Crippen LogP contribution in [-0.2, 0) is 4.79 Å². The molecule has 0 aliphatic rings. The highest BCUT2D eigenvalue weighted by Gasteiger charge is 2.01. The molecule has 1 rings (SSSR count). The summed E-state index contributed by atoms with van der Waals surface area (Å²) in [5.41, 5.74) is 0.564. The second-order valence-corrected chi connectivity index (χ2v) is 5.14. The average molecular weight is 435 g/mol. The topological polar surface area (TPSA) is 78.4 Å². The van der Waals surface area contributed by atoms with Gasteiger partial charge in [0.1, 0.15) is 5.75 Å². The molecule has 5 nitrogen and oxygen atoms in total. The molecule has 1 atom stereocenters. The van der Waals surface area contributed by atoms with Crippen LogP contribution < -0.4 is 10.6 Å². The van der Waals surface area contributed by atoms with E-state index in [0.29, 0.717) is 12.1 Å². The Morgan fingerprint density at radius 2 is 1.17 bits per heavy atom. The van der Waals surface area contributed by atoms with E-state index in [1.54, 1.807) is 19.2 Å². The molecule has 1 aromatic rings. The Morgan fingerprint density at radius 3 is 1.38 bits per heavy atom. The molecule has 0 aromatic heterocycles. The number of carbonyl (C=O) groups excluding carboxylic acids is 2. The van der Waals surface area contributed by atoms with Crippen LogP contribution in [-0.4, -0.2) is 36.7 Å². The molecule has 0 spiro atoms. The maximum absolute atomic E-state index is 11.2. The normalized spacial score (nSPS) is 6.93. The summed E-state index contributed by atoms with van der Waals surface area (Å²) in [5, 5.41) is 14.0. The fourth-order valence-electron chi connectivity index (χ4n) is 0.875. The minimum absolute atomic E-state index is 0.00463. The Labute approximate surface area is 184 Å². The number of phenols is 1. The molecule has 0 saturated carbocycles. The van der Waals surface area contributed by atoms with Crippen LogP contribution in [0.25, 0.3) is 0 Å². The van der Waals surface area contributed by atoms with E-state index >= 15 is 0 Å². The number of phenolic OH excluding ortho intramolecular Hbond substituents is 1. The molecule has 2 amide bonds. The lowest BCUT2D eigenvalue weighted by Gasteiger charge is -2.00. The maximum Gasteiger partial charge on any atom is 0.251 e. The van der Waals surface area contributed by atoms with Gasteiger partial charge in [0.2, 0.25) is 5.91 Å². The summed E-state index contributed by atoms with van der Waals surface area (Å²) < 4.78 is 0. The molecule has 0 aliphatic heterocycles. The maximum atomic E-state index is 11.2. The fraction of sp³-hybridized carbons (Fsp3) is 0.652. The zero-order valence-electron chi connectivity index (χ0n) is 21.3. The van der Waals surface area contributed by atoms with Gasteiger partial charge in [0.15, 0.2) is 0 Å². The zero-order valence-corrected chi connectivity index (χ0v) is 22.4. The van der Waals surface area contributed by atoms with Gasteiger partial charge in [-0.2, -0.15) is 0 Å². The molecule has 0 fully saturated rings. The third kappa shape index (κ3) is 51.9. The molecule has 1 aromatic carbocycles. The van der Waals surface area contributed by atoms with Crippen molar-refractivity contribution in [2.45, 2.75) is 82.6 Å². The number of rotatable bonds is 2. The summed E-state index contributed by atoms with van der Waals surface area (Å²) in [5.74, 6) is 0.0607. The van der Waals surface area contributed by atoms with Crippen LogP contribution in [0.3, 0.4) is 0 Å². The SMILES string of the molecule is CC.CC.CC.CCC.CCNC(=O)c1ccc(O)cc1.CCP.CNC(C)=O. The van der Waals surface area contributed by atoms with Crippen molar-refractivity contribution in [3.63, 3.8) is 0 Å². The lowest BCUT2D eigenvalue weighted by atomic mass is 10.2. The Kier molecular flexibility index (Phi) is 65.1. The molecule has 176 valence electrons. The number of nitrogens with one attached hydrogen (secondary N) is 2. The summed E-state index contributed by atoms with van der Waals surface area (Å²) >= 11 is 0. The number of aromatic hydroxyl groups is 1. The van der Waals surface area contributed by atoms with Gasteiger partial charge in [0.05, 0.1) is 0 Å². The highest BCUT2D eigenvalue weighted by atomic mass is 31.0. The van der Waals surface area contributed by atoms with Crippen molar-refractivity contribution < 1.29 is 14.7 Å². The fourth-order valence-corrected chi connectivity index (χ4v) is 0.875. The lowest BCUT2D eigenvalue weighted by Crippen LogP contribution is -2.22. The molecule has 6 heteroatoms. The third-order valence-electron chi connectivity index (χ3n) is 1.82. The smallest absolute Gasteiger partial charge is 0.251 e. The van der Waals surface area contributed by atoms with E-state index in [4.69, 9.17) is 5.11 Å². The quantitative estimate of drug-likeness (QED) is 0.480. The Hall–Kier alpha value is -1.61. The van der Waals surface area contributed by atoms with E-state index in [1.807, 2.05) is 48.5 Å². The predicted octanol–water partition coefficient (Wildman–Crippen LogP) is 6.27. The first kappa shape index (κ1) is 41.7. The van der Waals surface area contributed by atoms with Gasteiger partial charge in [0, 0.05) is 26.1 Å². The van der Waals surface area contributed by atoms with E-state index in [9.17, 15) is 9.59 Å². The number of amides is 2. The van der Waals surface area contributed by atoms with E-state index in [0.717, 1.165) is 0 Å². The van der Waals surface area contributed by atoms with Crippen molar-refractivity contribution in [3.8, 4) is 5.75 Å². The standard InChI is InChI=1S/C9H11NO2.C3H7NO.C3H8.C2H7P.3C2H6/c1-2-10-9(12)7-3-5-8(11)6-4-7;1-3(5)4-2;1-3-2;1-2-3;3*1-2/h3-6,11H,2H2,1H3,(H,10,12);1-2H3,(H,4,5);3H2,1-2H3;2-3H2,1H3;3*1-2H3. The highest BCUT2D eigenvalue weighted by Crippen LogP contribution is 2.08. The van der Waals surface area contributed by atoms with Gasteiger partial charge in [0.25, 0.3) is 5.91 Å². The first-order valence-electron chi connectivity index (χ1n) is 10.8. The van der Waals surface area contributed by atoms with Crippen molar-refractivity contribution in [1.29, 1.82) is 0 Å². The van der Waals surface area contributed by atoms with Crippen LogP contribution in [0.4, 0.5) is 0 Å². The molecule has 29 heavy (non-hydrogen) atoms. The number of carbonyl (C=O) groups is 2. The highest BCUT2D eigenvalue weighted by molar-refractivity contribution is 7.16. The summed E-state index contributed by atoms with van der Waals surface area (Å²) in [6.07, 6.45) is 2.42. The molecule has 1 unspecified atom stereocenters. The van der Waals surface area contributed by atoms with Gasteiger partial charge in [-0.05, 0) is 37.4 Å². The number of hydrogen-bond donors (Lipinski definition) is 3. The minimum atomic E-state index is -0.113. The molecule has 0 heterocycles. The van der Waals surface area contributed by atoms with Crippen LogP contribution in [0, 0.1) is 0 Å². The summed E-state index contributed by atoms with van der Waals surface area (Å²) in [6, 6.07) is 6.15. The zero-order chi connectivity index (χ0) is 24.7. The van der Waals surface area contributed by atoms with Crippen molar-refractivity contribution >= 4 is 21.1 Å². The summed E-state index contributed by atoms with van der Waals surface area (Å²) in [6.45, 7) is 22.3. The minimum Gasteiger partial charge on any atom is -0.508 e. The molecular weight excluding hydrogens is 383 g/mol. The van der Waals surface area contributed by atoms with Crippen molar-refractivity contribution in [2.75, 3.05) is 19.8 Å². The molecule has 0 bridgehead atoms. The Bertz CT molecular complexity index is 396.